The fourth-order valence-corrected chi connectivity index (χ4v) is 3.23. The summed E-state index contributed by atoms with van der Waals surface area (Å²) in [6, 6.07) is 11.4. The molecule has 0 aliphatic rings. The molecular formula is C18H21F2N3O4S. The third kappa shape index (κ3) is 5.64. The Morgan fingerprint density at radius 2 is 1.75 bits per heavy atom. The number of hydrogen-bond acceptors (Lipinski definition) is 4. The summed E-state index contributed by atoms with van der Waals surface area (Å²) in [5.74, 6) is 0.0322. The molecule has 0 radical (unpaired) electrons. The van der Waals surface area contributed by atoms with Gasteiger partial charge in [-0.25, -0.2) is 17.5 Å². The molecule has 0 aliphatic heterocycles. The maximum Gasteiger partial charge on any atom is 0.387 e. The fraction of sp³-hybridized carbons (Fsp3) is 0.278. The van der Waals surface area contributed by atoms with Gasteiger partial charge in [-0.3, -0.25) is 0 Å². The molecule has 2 amide bonds. The minimum absolute atomic E-state index is 0.0322. The van der Waals surface area contributed by atoms with Crippen LogP contribution in [0.25, 0.3) is 0 Å². The van der Waals surface area contributed by atoms with Crippen LogP contribution in [0.3, 0.4) is 0 Å². The minimum atomic E-state index is -3.61. The van der Waals surface area contributed by atoms with Crippen molar-refractivity contribution < 1.29 is 26.7 Å². The maximum atomic E-state index is 12.4. The molecule has 7 nitrogen and oxygen atoms in total. The van der Waals surface area contributed by atoms with E-state index in [0.717, 1.165) is 4.31 Å². The number of ether oxygens (including phenoxy) is 1. The van der Waals surface area contributed by atoms with Crippen LogP contribution < -0.4 is 10.1 Å². The molecule has 10 heteroatoms. The Balaban J connectivity index is 2.03. The fourth-order valence-electron chi connectivity index (χ4n) is 2.29. The second-order valence-electron chi connectivity index (χ2n) is 6.12. The molecule has 28 heavy (non-hydrogen) atoms. The van der Waals surface area contributed by atoms with Gasteiger partial charge in [-0.05, 0) is 35.9 Å². The number of rotatable bonds is 7. The van der Waals surface area contributed by atoms with Crippen molar-refractivity contribution in [1.82, 2.24) is 9.21 Å². The molecule has 2 aromatic rings. The maximum absolute atomic E-state index is 12.4. The minimum Gasteiger partial charge on any atom is -0.435 e. The van der Waals surface area contributed by atoms with Gasteiger partial charge in [0.2, 0.25) is 10.0 Å². The lowest BCUT2D eigenvalue weighted by Crippen LogP contribution is -2.31. The average molecular weight is 413 g/mol. The number of benzene rings is 2. The van der Waals surface area contributed by atoms with E-state index in [2.05, 4.69) is 10.1 Å². The molecule has 0 heterocycles. The van der Waals surface area contributed by atoms with Crippen molar-refractivity contribution in [2.24, 2.45) is 0 Å². The summed E-state index contributed by atoms with van der Waals surface area (Å²) in [7, 11) is 0.786. The van der Waals surface area contributed by atoms with Crippen molar-refractivity contribution in [3.8, 4) is 5.75 Å². The van der Waals surface area contributed by atoms with Gasteiger partial charge >= 0.3 is 12.6 Å². The van der Waals surface area contributed by atoms with E-state index in [0.29, 0.717) is 11.3 Å². The van der Waals surface area contributed by atoms with Crippen LogP contribution in [0.2, 0.25) is 0 Å². The number of nitrogens with one attached hydrogen (secondary N) is 1. The first-order valence-electron chi connectivity index (χ1n) is 8.18. The number of sulfonamides is 1. The van der Waals surface area contributed by atoms with Gasteiger partial charge < -0.3 is 15.0 Å². The Labute approximate surface area is 162 Å². The Bertz CT molecular complexity index is 919. The van der Waals surface area contributed by atoms with Crippen LogP contribution in [-0.2, 0) is 16.6 Å². The van der Waals surface area contributed by atoms with E-state index in [1.54, 1.807) is 25.2 Å². The summed E-state index contributed by atoms with van der Waals surface area (Å²) in [5, 5.41) is 2.63. The standard InChI is InChI=1S/C18H21F2N3O4S/c1-22(2)28(25,26)16-6-4-5-14(11-16)21-18(24)23(3)12-13-7-9-15(10-8-13)27-17(19)20/h4-11,17H,12H2,1-3H3,(H,21,24). The number of urea groups is 1. The number of halogens is 2. The highest BCUT2D eigenvalue weighted by atomic mass is 32.2. The zero-order chi connectivity index (χ0) is 20.9. The van der Waals surface area contributed by atoms with Gasteiger partial charge in [-0.15, -0.1) is 0 Å². The van der Waals surface area contributed by atoms with Crippen molar-refractivity contribution in [1.29, 1.82) is 0 Å². The van der Waals surface area contributed by atoms with Gasteiger partial charge in [-0.2, -0.15) is 8.78 Å². The molecule has 0 aliphatic carbocycles. The summed E-state index contributed by atoms with van der Waals surface area (Å²) in [6.45, 7) is -2.68. The molecule has 0 fully saturated rings. The Kier molecular flexibility index (Phi) is 6.92. The molecule has 0 bridgehead atoms. The van der Waals surface area contributed by atoms with E-state index >= 15 is 0 Å². The van der Waals surface area contributed by atoms with Gasteiger partial charge in [0.1, 0.15) is 5.75 Å². The Hall–Kier alpha value is -2.72. The number of amides is 2. The van der Waals surface area contributed by atoms with E-state index in [9.17, 15) is 22.0 Å². The predicted molar refractivity (Wildman–Crippen MR) is 101 cm³/mol. The first-order chi connectivity index (χ1) is 13.1. The summed E-state index contributed by atoms with van der Waals surface area (Å²) in [4.78, 5) is 13.8. The van der Waals surface area contributed by atoms with Gasteiger partial charge in [0.15, 0.2) is 0 Å². The smallest absolute Gasteiger partial charge is 0.387 e. The van der Waals surface area contributed by atoms with Gasteiger partial charge in [0.25, 0.3) is 0 Å². The van der Waals surface area contributed by atoms with Crippen LogP contribution in [-0.4, -0.2) is 51.4 Å². The monoisotopic (exact) mass is 413 g/mol. The molecule has 2 rings (SSSR count). The van der Waals surface area contributed by atoms with Gasteiger partial charge in [0, 0.05) is 33.4 Å². The van der Waals surface area contributed by atoms with Gasteiger partial charge in [0.05, 0.1) is 4.90 Å². The molecule has 0 atom stereocenters. The third-order valence-electron chi connectivity index (χ3n) is 3.78. The second-order valence-corrected chi connectivity index (χ2v) is 8.28. The molecule has 152 valence electrons. The normalized spacial score (nSPS) is 11.5. The van der Waals surface area contributed by atoms with Crippen molar-refractivity contribution in [3.05, 3.63) is 54.1 Å². The van der Waals surface area contributed by atoms with E-state index in [1.165, 1.54) is 49.3 Å². The van der Waals surface area contributed by atoms with Crippen LogP contribution in [0.1, 0.15) is 5.56 Å². The zero-order valence-electron chi connectivity index (χ0n) is 15.6. The predicted octanol–water partition coefficient (Wildman–Crippen LogP) is 3.20. The van der Waals surface area contributed by atoms with E-state index in [-0.39, 0.29) is 17.2 Å². The second kappa shape index (κ2) is 8.98. The van der Waals surface area contributed by atoms with Crippen molar-refractivity contribution >= 4 is 21.7 Å². The quantitative estimate of drug-likeness (QED) is 0.756. The van der Waals surface area contributed by atoms with Crippen molar-refractivity contribution in [2.75, 3.05) is 26.5 Å². The van der Waals surface area contributed by atoms with E-state index in [4.69, 9.17) is 0 Å². The molecule has 0 saturated carbocycles. The number of nitrogens with zero attached hydrogens (tertiary/aromatic N) is 2. The first-order valence-corrected chi connectivity index (χ1v) is 9.62. The zero-order valence-corrected chi connectivity index (χ0v) is 16.4. The topological polar surface area (TPSA) is 79.0 Å². The van der Waals surface area contributed by atoms with Gasteiger partial charge in [-0.1, -0.05) is 18.2 Å². The summed E-state index contributed by atoms with van der Waals surface area (Å²) < 4.78 is 54.1. The van der Waals surface area contributed by atoms with Crippen molar-refractivity contribution in [2.45, 2.75) is 18.1 Å². The van der Waals surface area contributed by atoms with Crippen LogP contribution in [0.4, 0.5) is 19.3 Å². The largest absolute Gasteiger partial charge is 0.435 e. The van der Waals surface area contributed by atoms with Crippen LogP contribution in [0.5, 0.6) is 5.75 Å². The van der Waals surface area contributed by atoms with Crippen LogP contribution in [0, 0.1) is 0 Å². The van der Waals surface area contributed by atoms with E-state index < -0.39 is 22.7 Å². The van der Waals surface area contributed by atoms with Crippen LogP contribution >= 0.6 is 0 Å². The summed E-state index contributed by atoms with van der Waals surface area (Å²) in [5.41, 5.74) is 1.05. The lowest BCUT2D eigenvalue weighted by molar-refractivity contribution is -0.0498. The molecule has 0 unspecified atom stereocenters. The van der Waals surface area contributed by atoms with E-state index in [1.807, 2.05) is 0 Å². The van der Waals surface area contributed by atoms with Crippen LogP contribution in [0.15, 0.2) is 53.4 Å². The number of hydrogen-bond donors (Lipinski definition) is 1. The molecule has 0 spiro atoms. The highest BCUT2D eigenvalue weighted by Gasteiger charge is 2.18. The SMILES string of the molecule is CN(Cc1ccc(OC(F)F)cc1)C(=O)Nc1cccc(S(=O)(=O)N(C)C)c1. The number of alkyl halides is 2. The average Bonchev–Trinajstić information content (AvgIpc) is 2.63. The number of anilines is 1. The Morgan fingerprint density at radius 3 is 2.32 bits per heavy atom. The molecular weight excluding hydrogens is 392 g/mol. The highest BCUT2D eigenvalue weighted by Crippen LogP contribution is 2.19. The Morgan fingerprint density at radius 1 is 1.11 bits per heavy atom. The molecule has 0 aromatic heterocycles. The number of carbonyl (C=O) groups is 1. The molecule has 0 saturated heterocycles. The lowest BCUT2D eigenvalue weighted by Gasteiger charge is -2.19. The summed E-state index contributed by atoms with van der Waals surface area (Å²) in [6.07, 6.45) is 0. The number of carbonyl (C=O) groups excluding carboxylic acids is 1. The lowest BCUT2D eigenvalue weighted by atomic mass is 10.2. The molecule has 2 aromatic carbocycles. The first kappa shape index (κ1) is 21.6. The molecule has 1 N–H and O–H groups in total. The highest BCUT2D eigenvalue weighted by molar-refractivity contribution is 7.89. The third-order valence-corrected chi connectivity index (χ3v) is 5.59. The summed E-state index contributed by atoms with van der Waals surface area (Å²) >= 11 is 0. The van der Waals surface area contributed by atoms with Crippen molar-refractivity contribution in [3.63, 3.8) is 0 Å².